The zero-order valence-electron chi connectivity index (χ0n) is 16.3. The molecule has 1 fully saturated rings. The molecule has 0 aromatic rings. The molecule has 0 saturated carbocycles. The van der Waals surface area contributed by atoms with E-state index in [1.54, 1.807) is 0 Å². The summed E-state index contributed by atoms with van der Waals surface area (Å²) in [6.45, 7) is 15.9. The van der Waals surface area contributed by atoms with Crippen molar-refractivity contribution in [3.05, 3.63) is 0 Å². The van der Waals surface area contributed by atoms with Gasteiger partial charge in [0.2, 0.25) is 11.8 Å². The van der Waals surface area contributed by atoms with Gasteiger partial charge in [-0.2, -0.15) is 0 Å². The van der Waals surface area contributed by atoms with Crippen LogP contribution < -0.4 is 10.6 Å². The number of amides is 2. The standard InChI is InChI=1S/C18H36N4O2/c1-7-14(3)19-16(23)13-21-9-11-22(12-10-21)15(4)17(24)20-18(5,6)8-2/h14-15H,7-13H2,1-6H3,(H,19,23)(H,20,24). The number of rotatable bonds is 8. The first-order valence-electron chi connectivity index (χ1n) is 9.26. The van der Waals surface area contributed by atoms with E-state index in [4.69, 9.17) is 0 Å². The lowest BCUT2D eigenvalue weighted by Crippen LogP contribution is -2.57. The SMILES string of the molecule is CCC(C)NC(=O)CN1CCN(C(C)C(=O)NC(C)(C)CC)CC1. The number of carbonyl (C=O) groups is 2. The maximum absolute atomic E-state index is 12.4. The number of nitrogens with zero attached hydrogens (tertiary/aromatic N) is 2. The number of hydrogen-bond acceptors (Lipinski definition) is 4. The van der Waals surface area contributed by atoms with E-state index < -0.39 is 0 Å². The van der Waals surface area contributed by atoms with Crippen LogP contribution in [0, 0.1) is 0 Å². The van der Waals surface area contributed by atoms with Gasteiger partial charge in [-0.3, -0.25) is 19.4 Å². The summed E-state index contributed by atoms with van der Waals surface area (Å²) in [4.78, 5) is 28.7. The average molecular weight is 341 g/mol. The van der Waals surface area contributed by atoms with Gasteiger partial charge in [-0.25, -0.2) is 0 Å². The summed E-state index contributed by atoms with van der Waals surface area (Å²) in [5.41, 5.74) is -0.165. The lowest BCUT2D eigenvalue weighted by molar-refractivity contribution is -0.129. The van der Waals surface area contributed by atoms with E-state index in [2.05, 4.69) is 34.3 Å². The predicted octanol–water partition coefficient (Wildman–Crippen LogP) is 1.21. The molecule has 2 N–H and O–H groups in total. The first-order valence-corrected chi connectivity index (χ1v) is 9.26. The van der Waals surface area contributed by atoms with Gasteiger partial charge in [0, 0.05) is 37.8 Å². The molecule has 2 amide bonds. The molecule has 0 aromatic heterocycles. The molecule has 6 nitrogen and oxygen atoms in total. The maximum Gasteiger partial charge on any atom is 0.237 e. The van der Waals surface area contributed by atoms with Gasteiger partial charge in [0.05, 0.1) is 12.6 Å². The predicted molar refractivity (Wildman–Crippen MR) is 97.9 cm³/mol. The highest BCUT2D eigenvalue weighted by molar-refractivity contribution is 5.82. The van der Waals surface area contributed by atoms with Crippen molar-refractivity contribution < 1.29 is 9.59 Å². The normalized spacial score (nSPS) is 19.6. The summed E-state index contributed by atoms with van der Waals surface area (Å²) in [5.74, 6) is 0.179. The Bertz CT molecular complexity index is 417. The van der Waals surface area contributed by atoms with Crippen molar-refractivity contribution in [2.45, 2.75) is 72.0 Å². The van der Waals surface area contributed by atoms with E-state index in [0.717, 1.165) is 39.0 Å². The van der Waals surface area contributed by atoms with E-state index in [-0.39, 0.29) is 29.4 Å². The molecule has 0 aromatic carbocycles. The van der Waals surface area contributed by atoms with E-state index in [0.29, 0.717) is 6.54 Å². The minimum atomic E-state index is -0.165. The summed E-state index contributed by atoms with van der Waals surface area (Å²) in [6, 6.07) is 0.0938. The zero-order valence-corrected chi connectivity index (χ0v) is 16.3. The van der Waals surface area contributed by atoms with Crippen LogP contribution in [0.25, 0.3) is 0 Å². The largest absolute Gasteiger partial charge is 0.353 e. The fourth-order valence-electron chi connectivity index (χ4n) is 2.63. The Balaban J connectivity index is 2.39. The molecule has 1 aliphatic heterocycles. The third kappa shape index (κ3) is 6.77. The molecular weight excluding hydrogens is 304 g/mol. The van der Waals surface area contributed by atoms with Crippen LogP contribution in [0.5, 0.6) is 0 Å². The minimum Gasteiger partial charge on any atom is -0.353 e. The molecule has 140 valence electrons. The highest BCUT2D eigenvalue weighted by Gasteiger charge is 2.28. The Morgan fingerprint density at radius 2 is 1.67 bits per heavy atom. The van der Waals surface area contributed by atoms with E-state index in [1.807, 2.05) is 27.7 Å². The molecule has 0 bridgehead atoms. The quantitative estimate of drug-likeness (QED) is 0.697. The molecule has 0 spiro atoms. The highest BCUT2D eigenvalue weighted by Crippen LogP contribution is 2.11. The van der Waals surface area contributed by atoms with Crippen LogP contribution in [0.3, 0.4) is 0 Å². The van der Waals surface area contributed by atoms with E-state index >= 15 is 0 Å². The van der Waals surface area contributed by atoms with Crippen molar-refractivity contribution in [3.8, 4) is 0 Å². The number of carbonyl (C=O) groups excluding carboxylic acids is 2. The molecule has 2 atom stereocenters. The Morgan fingerprint density at radius 3 is 2.17 bits per heavy atom. The highest BCUT2D eigenvalue weighted by atomic mass is 16.2. The van der Waals surface area contributed by atoms with Gasteiger partial charge in [-0.15, -0.1) is 0 Å². The molecular formula is C18H36N4O2. The average Bonchev–Trinajstić information content (AvgIpc) is 2.54. The molecule has 1 rings (SSSR count). The fourth-order valence-corrected chi connectivity index (χ4v) is 2.63. The molecule has 1 saturated heterocycles. The third-order valence-electron chi connectivity index (χ3n) is 5.07. The molecule has 1 aliphatic rings. The molecule has 6 heteroatoms. The van der Waals surface area contributed by atoms with Crippen LogP contribution in [-0.4, -0.2) is 72.0 Å². The van der Waals surface area contributed by atoms with Crippen LogP contribution in [0.4, 0.5) is 0 Å². The van der Waals surface area contributed by atoms with Crippen molar-refractivity contribution in [2.75, 3.05) is 32.7 Å². The zero-order chi connectivity index (χ0) is 18.3. The number of hydrogen-bond donors (Lipinski definition) is 2. The summed E-state index contributed by atoms with van der Waals surface area (Å²) in [5, 5.41) is 6.12. The Labute approximate surface area is 147 Å². The van der Waals surface area contributed by atoms with E-state index in [1.165, 1.54) is 0 Å². The summed E-state index contributed by atoms with van der Waals surface area (Å²) in [7, 11) is 0. The monoisotopic (exact) mass is 340 g/mol. The van der Waals surface area contributed by atoms with Crippen molar-refractivity contribution in [2.24, 2.45) is 0 Å². The van der Waals surface area contributed by atoms with Gasteiger partial charge in [-0.05, 0) is 40.5 Å². The number of nitrogens with one attached hydrogen (secondary N) is 2. The molecule has 0 aliphatic carbocycles. The second-order valence-corrected chi connectivity index (χ2v) is 7.59. The van der Waals surface area contributed by atoms with Gasteiger partial charge < -0.3 is 10.6 Å². The third-order valence-corrected chi connectivity index (χ3v) is 5.07. The minimum absolute atomic E-state index is 0.0878. The molecule has 1 heterocycles. The van der Waals surface area contributed by atoms with Crippen LogP contribution in [0.2, 0.25) is 0 Å². The molecule has 0 radical (unpaired) electrons. The summed E-state index contributed by atoms with van der Waals surface area (Å²) >= 11 is 0. The fraction of sp³-hybridized carbons (Fsp3) is 0.889. The van der Waals surface area contributed by atoms with Gasteiger partial charge in [0.1, 0.15) is 0 Å². The van der Waals surface area contributed by atoms with Crippen molar-refractivity contribution in [3.63, 3.8) is 0 Å². The van der Waals surface area contributed by atoms with Gasteiger partial charge >= 0.3 is 0 Å². The Hall–Kier alpha value is -1.14. The second kappa shape index (κ2) is 9.37. The Kier molecular flexibility index (Phi) is 8.16. The van der Waals surface area contributed by atoms with E-state index in [9.17, 15) is 9.59 Å². The van der Waals surface area contributed by atoms with Gasteiger partial charge in [0.15, 0.2) is 0 Å². The van der Waals surface area contributed by atoms with Gasteiger partial charge in [0.25, 0.3) is 0 Å². The van der Waals surface area contributed by atoms with Crippen LogP contribution in [0.1, 0.15) is 54.4 Å². The second-order valence-electron chi connectivity index (χ2n) is 7.59. The first kappa shape index (κ1) is 20.9. The summed E-state index contributed by atoms with van der Waals surface area (Å²) < 4.78 is 0. The van der Waals surface area contributed by atoms with Crippen LogP contribution >= 0.6 is 0 Å². The molecule has 2 unspecified atom stereocenters. The van der Waals surface area contributed by atoms with Crippen molar-refractivity contribution in [1.82, 2.24) is 20.4 Å². The topological polar surface area (TPSA) is 64.7 Å². The summed E-state index contributed by atoms with van der Waals surface area (Å²) in [6.07, 6.45) is 1.85. The van der Waals surface area contributed by atoms with Gasteiger partial charge in [-0.1, -0.05) is 13.8 Å². The van der Waals surface area contributed by atoms with Crippen LogP contribution in [0.15, 0.2) is 0 Å². The van der Waals surface area contributed by atoms with Crippen molar-refractivity contribution in [1.29, 1.82) is 0 Å². The lowest BCUT2D eigenvalue weighted by atomic mass is 10.0. The molecule has 24 heavy (non-hydrogen) atoms. The smallest absolute Gasteiger partial charge is 0.237 e. The first-order chi connectivity index (χ1) is 11.2. The van der Waals surface area contributed by atoms with Crippen LogP contribution in [-0.2, 0) is 9.59 Å². The maximum atomic E-state index is 12.4. The number of piperazine rings is 1. The Morgan fingerprint density at radius 1 is 1.08 bits per heavy atom. The lowest BCUT2D eigenvalue weighted by Gasteiger charge is -2.38. The van der Waals surface area contributed by atoms with Crippen molar-refractivity contribution >= 4 is 11.8 Å².